The first-order valence-corrected chi connectivity index (χ1v) is 11.4. The highest BCUT2D eigenvalue weighted by Crippen LogP contribution is 2.44. The molecule has 0 radical (unpaired) electrons. The molecule has 2 amide bonds. The molecule has 3 aromatic rings. The molecule has 0 atom stereocenters. The first-order valence-electron chi connectivity index (χ1n) is 10.6. The Morgan fingerprint density at radius 2 is 1.91 bits per heavy atom. The quantitative estimate of drug-likeness (QED) is 0.373. The van der Waals surface area contributed by atoms with Crippen molar-refractivity contribution < 1.29 is 23.1 Å². The van der Waals surface area contributed by atoms with Gasteiger partial charge in [0.05, 0.1) is 4.88 Å². The third-order valence-corrected chi connectivity index (χ3v) is 6.42. The van der Waals surface area contributed by atoms with E-state index in [-0.39, 0.29) is 12.0 Å². The maximum absolute atomic E-state index is 13.0. The maximum atomic E-state index is 13.0. The Morgan fingerprint density at radius 1 is 1.18 bits per heavy atom. The Morgan fingerprint density at radius 3 is 2.56 bits per heavy atom. The smallest absolute Gasteiger partial charge is 0.383 e. The van der Waals surface area contributed by atoms with E-state index in [2.05, 4.69) is 30.9 Å². The van der Waals surface area contributed by atoms with Gasteiger partial charge in [0.25, 0.3) is 0 Å². The predicted molar refractivity (Wildman–Crippen MR) is 123 cm³/mol. The molecule has 0 saturated heterocycles. The third kappa shape index (κ3) is 5.45. The lowest BCUT2D eigenvalue weighted by molar-refractivity contribution is -0.141. The molecule has 34 heavy (non-hydrogen) atoms. The molecule has 1 saturated carbocycles. The van der Waals surface area contributed by atoms with E-state index < -0.39 is 23.5 Å². The van der Waals surface area contributed by atoms with E-state index in [9.17, 15) is 23.1 Å². The molecule has 0 spiro atoms. The highest BCUT2D eigenvalue weighted by molar-refractivity contribution is 7.15. The summed E-state index contributed by atoms with van der Waals surface area (Å²) in [5.41, 5.74) is -0.556. The summed E-state index contributed by atoms with van der Waals surface area (Å²) in [5.74, 6) is -0.238. The number of thiazole rings is 1. The van der Waals surface area contributed by atoms with Crippen LogP contribution in [0.1, 0.15) is 43.8 Å². The molecule has 1 aliphatic carbocycles. The van der Waals surface area contributed by atoms with Crippen LogP contribution < -0.4 is 16.0 Å². The molecule has 0 unspecified atom stereocenters. The lowest BCUT2D eigenvalue weighted by atomic mass is 9.81. The molecule has 12 heteroatoms. The number of rotatable bonds is 6. The Kier molecular flexibility index (Phi) is 6.45. The van der Waals surface area contributed by atoms with Crippen LogP contribution in [0.4, 0.5) is 35.3 Å². The molecule has 1 aromatic carbocycles. The summed E-state index contributed by atoms with van der Waals surface area (Å²) >= 11 is 1.33. The van der Waals surface area contributed by atoms with Gasteiger partial charge >= 0.3 is 12.2 Å². The van der Waals surface area contributed by atoms with Crippen molar-refractivity contribution >= 4 is 34.7 Å². The number of nitrogens with zero attached hydrogens (tertiary/aromatic N) is 3. The van der Waals surface area contributed by atoms with Crippen LogP contribution >= 0.6 is 11.3 Å². The number of urea groups is 1. The van der Waals surface area contributed by atoms with Crippen LogP contribution in [-0.4, -0.2) is 32.1 Å². The molecular formula is C22H23F3N6O2S. The number of nitrogens with one attached hydrogen (secondary N) is 3. The number of anilines is 3. The second-order valence-electron chi connectivity index (χ2n) is 8.36. The summed E-state index contributed by atoms with van der Waals surface area (Å²) in [6, 6.07) is 5.24. The number of carbonyl (C=O) groups excluding carboxylic acids is 1. The Bertz CT molecular complexity index is 1190. The number of carbonyl (C=O) groups is 1. The first kappa shape index (κ1) is 23.9. The molecule has 0 aliphatic heterocycles. The van der Waals surface area contributed by atoms with Gasteiger partial charge < -0.3 is 21.1 Å². The number of benzene rings is 1. The van der Waals surface area contributed by atoms with E-state index in [0.29, 0.717) is 34.8 Å². The molecule has 1 fully saturated rings. The average molecular weight is 493 g/mol. The van der Waals surface area contributed by atoms with Crippen molar-refractivity contribution in [3.8, 4) is 10.4 Å². The fourth-order valence-electron chi connectivity index (χ4n) is 3.40. The summed E-state index contributed by atoms with van der Waals surface area (Å²) in [6.45, 7) is 3.63. The number of halogens is 3. The van der Waals surface area contributed by atoms with Gasteiger partial charge in [-0.1, -0.05) is 0 Å². The largest absolute Gasteiger partial charge is 0.433 e. The van der Waals surface area contributed by atoms with Gasteiger partial charge in [-0.15, -0.1) is 11.3 Å². The molecule has 4 rings (SSSR count). The van der Waals surface area contributed by atoms with Crippen molar-refractivity contribution in [3.05, 3.63) is 47.4 Å². The second-order valence-corrected chi connectivity index (χ2v) is 9.39. The molecule has 0 bridgehead atoms. The summed E-state index contributed by atoms with van der Waals surface area (Å²) in [4.78, 5) is 24.8. The Balaban J connectivity index is 1.67. The summed E-state index contributed by atoms with van der Waals surface area (Å²) in [6.07, 6.45) is 0.276. The zero-order chi connectivity index (χ0) is 24.5. The van der Waals surface area contributed by atoms with Gasteiger partial charge in [0, 0.05) is 29.8 Å². The van der Waals surface area contributed by atoms with Crippen molar-refractivity contribution in [3.63, 3.8) is 0 Å². The minimum absolute atomic E-state index is 0.0911. The van der Waals surface area contributed by atoms with Crippen LogP contribution in [0, 0.1) is 0 Å². The fraction of sp³-hybridized carbons (Fsp3) is 0.364. The molecule has 4 N–H and O–H groups in total. The lowest BCUT2D eigenvalue weighted by Crippen LogP contribution is -2.34. The van der Waals surface area contributed by atoms with Gasteiger partial charge in [0.1, 0.15) is 16.3 Å². The molecular weight excluding hydrogens is 469 g/mol. The van der Waals surface area contributed by atoms with Crippen LogP contribution in [-0.2, 0) is 11.8 Å². The highest BCUT2D eigenvalue weighted by Gasteiger charge is 2.39. The van der Waals surface area contributed by atoms with Gasteiger partial charge in [0.15, 0.2) is 0 Å². The summed E-state index contributed by atoms with van der Waals surface area (Å²) < 4.78 is 39.1. The van der Waals surface area contributed by atoms with Crippen molar-refractivity contribution in [1.82, 2.24) is 20.3 Å². The number of alkyl halides is 3. The number of hydrogen-bond acceptors (Lipinski definition) is 7. The zero-order valence-electron chi connectivity index (χ0n) is 18.4. The molecule has 8 nitrogen and oxygen atoms in total. The normalized spacial score (nSPS) is 15.0. The fourth-order valence-corrected chi connectivity index (χ4v) is 4.45. The average Bonchev–Trinajstić information content (AvgIpc) is 3.21. The highest BCUT2D eigenvalue weighted by atomic mass is 32.1. The van der Waals surface area contributed by atoms with Gasteiger partial charge in [-0.2, -0.15) is 13.2 Å². The van der Waals surface area contributed by atoms with Crippen molar-refractivity contribution in [2.24, 2.45) is 0 Å². The maximum Gasteiger partial charge on any atom is 0.433 e. The van der Waals surface area contributed by atoms with Gasteiger partial charge in [-0.25, -0.2) is 19.7 Å². The lowest BCUT2D eigenvalue weighted by Gasteiger charge is -2.34. The van der Waals surface area contributed by atoms with Crippen LogP contribution in [0.5, 0.6) is 0 Å². The molecule has 2 heterocycles. The predicted octanol–water partition coefficient (Wildman–Crippen LogP) is 5.26. The van der Waals surface area contributed by atoms with Crippen molar-refractivity contribution in [1.29, 1.82) is 0 Å². The molecule has 180 valence electrons. The standard InChI is InChI=1S/C22H23F3N6O2S/c1-12(2)28-20(32)30-15-9-13(16-11-27-18(34-16)21(33)5-3-6-21)8-14(10-15)29-19-26-7-4-17(31-19)22(23,24)25/h4,7-12,33H,3,5-6H2,1-2H3,(H,26,29,31)(H2,28,30,32). The zero-order valence-corrected chi connectivity index (χ0v) is 19.2. The van der Waals surface area contributed by atoms with Gasteiger partial charge in [-0.3, -0.25) is 0 Å². The van der Waals surface area contributed by atoms with Crippen LogP contribution in [0.3, 0.4) is 0 Å². The van der Waals surface area contributed by atoms with Crippen LogP contribution in [0.25, 0.3) is 10.4 Å². The number of amides is 2. The van der Waals surface area contributed by atoms with E-state index in [0.717, 1.165) is 23.6 Å². The first-order chi connectivity index (χ1) is 16.0. The third-order valence-electron chi connectivity index (χ3n) is 5.18. The summed E-state index contributed by atoms with van der Waals surface area (Å²) in [5, 5.41) is 19.4. The monoisotopic (exact) mass is 492 g/mol. The Labute approximate surface area is 197 Å². The van der Waals surface area contributed by atoms with Crippen LogP contribution in [0.15, 0.2) is 36.7 Å². The van der Waals surface area contributed by atoms with E-state index in [1.54, 1.807) is 24.4 Å². The topological polar surface area (TPSA) is 112 Å². The van der Waals surface area contributed by atoms with E-state index in [1.807, 2.05) is 13.8 Å². The molecule has 2 aromatic heterocycles. The van der Waals surface area contributed by atoms with E-state index in [1.165, 1.54) is 11.3 Å². The Hall–Kier alpha value is -3.25. The number of hydrogen-bond donors (Lipinski definition) is 4. The van der Waals surface area contributed by atoms with E-state index in [4.69, 9.17) is 0 Å². The van der Waals surface area contributed by atoms with E-state index >= 15 is 0 Å². The SMILES string of the molecule is CC(C)NC(=O)Nc1cc(Nc2nccc(C(F)(F)F)n2)cc(-c2cnc(C3(O)CCC3)s2)c1. The van der Waals surface area contributed by atoms with Gasteiger partial charge in [-0.05, 0) is 62.9 Å². The summed E-state index contributed by atoms with van der Waals surface area (Å²) in [7, 11) is 0. The minimum Gasteiger partial charge on any atom is -0.383 e. The number of aliphatic hydroxyl groups is 1. The molecule has 1 aliphatic rings. The second kappa shape index (κ2) is 9.18. The van der Waals surface area contributed by atoms with Crippen LogP contribution in [0.2, 0.25) is 0 Å². The van der Waals surface area contributed by atoms with Crippen molar-refractivity contribution in [2.45, 2.75) is 50.9 Å². The minimum atomic E-state index is -4.61. The van der Waals surface area contributed by atoms with Crippen molar-refractivity contribution in [2.75, 3.05) is 10.6 Å². The number of aromatic nitrogens is 3. The van der Waals surface area contributed by atoms with Gasteiger partial charge in [0.2, 0.25) is 5.95 Å².